The number of nitrogens with zero attached hydrogens (tertiary/aromatic N) is 4. The van der Waals surface area contributed by atoms with E-state index in [2.05, 4.69) is 37.0 Å². The Labute approximate surface area is 138 Å². The van der Waals surface area contributed by atoms with Gasteiger partial charge in [-0.3, -0.25) is 0 Å². The molecule has 23 heavy (non-hydrogen) atoms. The Hall–Kier alpha value is -1.62. The molecule has 0 saturated carbocycles. The molecule has 2 aromatic heterocycles. The van der Waals surface area contributed by atoms with Gasteiger partial charge in [-0.1, -0.05) is 13.8 Å². The Morgan fingerprint density at radius 1 is 1.35 bits per heavy atom. The molecule has 5 nitrogen and oxygen atoms in total. The van der Waals surface area contributed by atoms with E-state index in [-0.39, 0.29) is 0 Å². The van der Waals surface area contributed by atoms with Crippen molar-refractivity contribution in [2.75, 3.05) is 25.1 Å². The van der Waals surface area contributed by atoms with Crippen LogP contribution in [0.15, 0.2) is 12.1 Å². The summed E-state index contributed by atoms with van der Waals surface area (Å²) in [5.74, 6) is 1.52. The van der Waals surface area contributed by atoms with E-state index < -0.39 is 0 Å². The fourth-order valence-electron chi connectivity index (χ4n) is 3.15. The molecule has 3 heterocycles. The van der Waals surface area contributed by atoms with E-state index in [0.29, 0.717) is 12.0 Å². The van der Waals surface area contributed by atoms with E-state index in [0.717, 1.165) is 42.4 Å². The molecule has 1 unspecified atom stereocenters. The van der Waals surface area contributed by atoms with E-state index in [4.69, 9.17) is 9.72 Å². The molecule has 5 heteroatoms. The summed E-state index contributed by atoms with van der Waals surface area (Å²) >= 11 is 0. The summed E-state index contributed by atoms with van der Waals surface area (Å²) in [6.07, 6.45) is 5.17. The highest BCUT2D eigenvalue weighted by atomic mass is 16.5. The molecular formula is C18H28N4O. The van der Waals surface area contributed by atoms with Crippen molar-refractivity contribution in [3.63, 3.8) is 0 Å². The second-order valence-electron chi connectivity index (χ2n) is 6.95. The minimum Gasteiger partial charge on any atom is -0.378 e. The number of ether oxygens (including phenoxy) is 1. The van der Waals surface area contributed by atoms with Crippen molar-refractivity contribution >= 4 is 11.5 Å². The van der Waals surface area contributed by atoms with Gasteiger partial charge in [0.2, 0.25) is 0 Å². The second-order valence-corrected chi connectivity index (χ2v) is 6.95. The smallest absolute Gasteiger partial charge is 0.157 e. The number of aryl methyl sites for hydroxylation is 1. The molecule has 2 aromatic rings. The fourth-order valence-corrected chi connectivity index (χ4v) is 3.15. The van der Waals surface area contributed by atoms with Crippen molar-refractivity contribution in [1.29, 1.82) is 0 Å². The molecule has 1 atom stereocenters. The Morgan fingerprint density at radius 3 is 2.87 bits per heavy atom. The maximum Gasteiger partial charge on any atom is 0.157 e. The van der Waals surface area contributed by atoms with Crippen molar-refractivity contribution in [1.82, 2.24) is 14.6 Å². The summed E-state index contributed by atoms with van der Waals surface area (Å²) in [5.41, 5.74) is 3.06. The lowest BCUT2D eigenvalue weighted by Crippen LogP contribution is -2.28. The summed E-state index contributed by atoms with van der Waals surface area (Å²) < 4.78 is 7.82. The molecule has 0 radical (unpaired) electrons. The van der Waals surface area contributed by atoms with Crippen LogP contribution in [-0.4, -0.2) is 40.9 Å². The van der Waals surface area contributed by atoms with Crippen LogP contribution in [0.5, 0.6) is 0 Å². The van der Waals surface area contributed by atoms with Crippen LogP contribution in [-0.2, 0) is 4.74 Å². The van der Waals surface area contributed by atoms with Crippen LogP contribution in [0, 0.1) is 6.92 Å². The predicted octanol–water partition coefficient (Wildman–Crippen LogP) is 3.56. The molecule has 0 N–H and O–H groups in total. The molecule has 1 aliphatic rings. The van der Waals surface area contributed by atoms with E-state index in [9.17, 15) is 0 Å². The quantitative estimate of drug-likeness (QED) is 0.846. The molecule has 126 valence electrons. The SMILES string of the molecule is Cc1cc2nc(C(C)C)cc(N(C)CCC3CCCCO3)n2n1. The summed E-state index contributed by atoms with van der Waals surface area (Å²) in [4.78, 5) is 7.02. The van der Waals surface area contributed by atoms with Gasteiger partial charge < -0.3 is 9.64 Å². The van der Waals surface area contributed by atoms with Gasteiger partial charge >= 0.3 is 0 Å². The molecule has 0 amide bonds. The first-order valence-electron chi connectivity index (χ1n) is 8.74. The lowest BCUT2D eigenvalue weighted by atomic mass is 10.1. The van der Waals surface area contributed by atoms with Gasteiger partial charge in [-0.15, -0.1) is 0 Å². The number of hydrogen-bond donors (Lipinski definition) is 0. The van der Waals surface area contributed by atoms with Crippen LogP contribution in [0.3, 0.4) is 0 Å². The van der Waals surface area contributed by atoms with Crippen LogP contribution < -0.4 is 4.90 Å². The van der Waals surface area contributed by atoms with Crippen molar-refractivity contribution in [3.05, 3.63) is 23.5 Å². The topological polar surface area (TPSA) is 42.7 Å². The maximum atomic E-state index is 5.86. The summed E-state index contributed by atoms with van der Waals surface area (Å²) in [5, 5.41) is 4.61. The Balaban J connectivity index is 1.81. The molecule has 0 bridgehead atoms. The summed E-state index contributed by atoms with van der Waals surface area (Å²) in [6.45, 7) is 8.27. The van der Waals surface area contributed by atoms with Crippen molar-refractivity contribution in [2.24, 2.45) is 0 Å². The lowest BCUT2D eigenvalue weighted by Gasteiger charge is -2.26. The first-order chi connectivity index (χ1) is 11.0. The van der Waals surface area contributed by atoms with Crippen LogP contribution in [0.2, 0.25) is 0 Å². The van der Waals surface area contributed by atoms with Gasteiger partial charge in [0.1, 0.15) is 5.82 Å². The summed E-state index contributed by atoms with van der Waals surface area (Å²) in [6, 6.07) is 4.22. The van der Waals surface area contributed by atoms with Crippen molar-refractivity contribution in [3.8, 4) is 0 Å². The van der Waals surface area contributed by atoms with Gasteiger partial charge in [0.25, 0.3) is 0 Å². The number of anilines is 1. The standard InChI is InChI=1S/C18H28N4O/c1-13(2)16-12-18(22-17(19-16)11-14(3)20-22)21(4)9-8-15-7-5-6-10-23-15/h11-13,15H,5-10H2,1-4H3. The Morgan fingerprint density at radius 2 is 2.17 bits per heavy atom. The third kappa shape index (κ3) is 3.66. The fraction of sp³-hybridized carbons (Fsp3) is 0.667. The van der Waals surface area contributed by atoms with Crippen LogP contribution in [0.25, 0.3) is 5.65 Å². The summed E-state index contributed by atoms with van der Waals surface area (Å²) in [7, 11) is 2.14. The molecule has 0 aromatic carbocycles. The third-order valence-corrected chi connectivity index (χ3v) is 4.59. The molecule has 0 spiro atoms. The second kappa shape index (κ2) is 6.87. The molecule has 1 fully saturated rings. The predicted molar refractivity (Wildman–Crippen MR) is 93.3 cm³/mol. The lowest BCUT2D eigenvalue weighted by molar-refractivity contribution is 0.0126. The molecule has 1 saturated heterocycles. The maximum absolute atomic E-state index is 5.86. The molecule has 0 aliphatic carbocycles. The van der Waals surface area contributed by atoms with E-state index in [1.165, 1.54) is 19.3 Å². The largest absolute Gasteiger partial charge is 0.378 e. The zero-order chi connectivity index (χ0) is 16.4. The van der Waals surface area contributed by atoms with Gasteiger partial charge in [0.05, 0.1) is 11.8 Å². The highest BCUT2D eigenvalue weighted by Gasteiger charge is 2.17. The highest BCUT2D eigenvalue weighted by molar-refractivity contribution is 5.52. The number of rotatable bonds is 5. The number of hydrogen-bond acceptors (Lipinski definition) is 4. The van der Waals surface area contributed by atoms with Gasteiger partial charge in [-0.05, 0) is 38.5 Å². The Bertz CT molecular complexity index is 658. The molecule has 1 aliphatic heterocycles. The van der Waals surface area contributed by atoms with E-state index >= 15 is 0 Å². The molecule has 3 rings (SSSR count). The average Bonchev–Trinajstić information content (AvgIpc) is 2.92. The minimum atomic E-state index is 0.407. The number of aromatic nitrogens is 3. The van der Waals surface area contributed by atoms with Gasteiger partial charge in [-0.25, -0.2) is 4.98 Å². The third-order valence-electron chi connectivity index (χ3n) is 4.59. The monoisotopic (exact) mass is 316 g/mol. The first kappa shape index (κ1) is 16.2. The van der Waals surface area contributed by atoms with E-state index in [1.807, 2.05) is 17.5 Å². The van der Waals surface area contributed by atoms with Crippen LogP contribution >= 0.6 is 0 Å². The zero-order valence-corrected chi connectivity index (χ0v) is 14.7. The van der Waals surface area contributed by atoms with Gasteiger partial charge in [-0.2, -0.15) is 9.61 Å². The first-order valence-corrected chi connectivity index (χ1v) is 8.74. The van der Waals surface area contributed by atoms with Gasteiger partial charge in [0, 0.05) is 38.0 Å². The highest BCUT2D eigenvalue weighted by Crippen LogP contribution is 2.23. The Kier molecular flexibility index (Phi) is 4.85. The van der Waals surface area contributed by atoms with Crippen molar-refractivity contribution < 1.29 is 4.74 Å². The van der Waals surface area contributed by atoms with E-state index in [1.54, 1.807) is 0 Å². The molecular weight excluding hydrogens is 288 g/mol. The minimum absolute atomic E-state index is 0.407. The van der Waals surface area contributed by atoms with Gasteiger partial charge in [0.15, 0.2) is 5.65 Å². The van der Waals surface area contributed by atoms with Crippen LogP contribution in [0.1, 0.15) is 56.8 Å². The zero-order valence-electron chi connectivity index (χ0n) is 14.7. The number of fused-ring (bicyclic) bond motifs is 1. The normalized spacial score (nSPS) is 18.7. The average molecular weight is 316 g/mol. The van der Waals surface area contributed by atoms with Crippen molar-refractivity contribution in [2.45, 2.75) is 58.5 Å². The van der Waals surface area contributed by atoms with Crippen LogP contribution in [0.4, 0.5) is 5.82 Å².